The topological polar surface area (TPSA) is 22.3 Å². The molecule has 0 spiro atoms. The Labute approximate surface area is 120 Å². The molecule has 3 rings (SSSR count). The zero-order valence-corrected chi connectivity index (χ0v) is 12.1. The van der Waals surface area contributed by atoms with Gasteiger partial charge in [0.15, 0.2) is 17.7 Å². The Kier molecular flexibility index (Phi) is 3.25. The Balaban J connectivity index is 1.94. The number of hydrogen-bond acceptors (Lipinski definition) is 2. The summed E-state index contributed by atoms with van der Waals surface area (Å²) in [6.45, 7) is 0.294. The van der Waals surface area contributed by atoms with Crippen LogP contribution in [0, 0.1) is 0 Å². The minimum absolute atomic E-state index is 0.294. The smallest absolute Gasteiger partial charge is 0.231 e. The van der Waals surface area contributed by atoms with Crippen LogP contribution in [0.15, 0.2) is 41.0 Å². The largest absolute Gasteiger partial charge is 0.454 e. The lowest BCUT2D eigenvalue weighted by Gasteiger charge is -2.01. The SMILES string of the molecule is C[n+]1ccccc1/C=C/c1cc2c(cc1Br)OCO2. The lowest BCUT2D eigenvalue weighted by Crippen LogP contribution is -2.30. The van der Waals surface area contributed by atoms with Gasteiger partial charge in [0, 0.05) is 22.7 Å². The maximum Gasteiger partial charge on any atom is 0.231 e. The van der Waals surface area contributed by atoms with Gasteiger partial charge in [-0.2, -0.15) is 0 Å². The standard InChI is InChI=1S/C15H13BrNO2/c1-17-7-3-2-4-12(17)6-5-11-8-14-15(9-13(11)16)19-10-18-14/h2-9H,10H2,1H3/q+1/b6-5+. The molecule has 0 N–H and O–H groups in total. The van der Waals surface area contributed by atoms with Gasteiger partial charge in [0.2, 0.25) is 12.5 Å². The Morgan fingerprint density at radius 1 is 1.16 bits per heavy atom. The Morgan fingerprint density at radius 3 is 2.74 bits per heavy atom. The molecule has 0 saturated heterocycles. The van der Waals surface area contributed by atoms with E-state index in [4.69, 9.17) is 9.47 Å². The van der Waals surface area contributed by atoms with Gasteiger partial charge in [0.1, 0.15) is 7.05 Å². The number of nitrogens with zero attached hydrogens (tertiary/aromatic N) is 1. The second kappa shape index (κ2) is 5.05. The number of aryl methyl sites for hydroxylation is 1. The van der Waals surface area contributed by atoms with Crippen molar-refractivity contribution in [1.82, 2.24) is 0 Å². The number of pyridine rings is 1. The molecule has 0 bridgehead atoms. The second-order valence-electron chi connectivity index (χ2n) is 4.30. The molecule has 0 amide bonds. The van der Waals surface area contributed by atoms with Crippen LogP contribution in [0.5, 0.6) is 11.5 Å². The molecule has 0 fully saturated rings. The monoisotopic (exact) mass is 318 g/mol. The number of aromatic nitrogens is 1. The fourth-order valence-electron chi connectivity index (χ4n) is 1.95. The fraction of sp³-hybridized carbons (Fsp3) is 0.133. The molecule has 2 heterocycles. The van der Waals surface area contributed by atoms with Crippen LogP contribution in [0.3, 0.4) is 0 Å². The fourth-order valence-corrected chi connectivity index (χ4v) is 2.40. The van der Waals surface area contributed by atoms with Crippen molar-refractivity contribution in [3.05, 3.63) is 52.3 Å². The number of ether oxygens (including phenoxy) is 2. The molecule has 1 aliphatic heterocycles. The van der Waals surface area contributed by atoms with E-state index in [2.05, 4.69) is 38.7 Å². The second-order valence-corrected chi connectivity index (χ2v) is 5.15. The molecule has 1 aromatic carbocycles. The summed E-state index contributed by atoms with van der Waals surface area (Å²) in [5.41, 5.74) is 2.19. The van der Waals surface area contributed by atoms with Gasteiger partial charge in [0.05, 0.1) is 0 Å². The van der Waals surface area contributed by atoms with Crippen LogP contribution >= 0.6 is 15.9 Å². The third-order valence-corrected chi connectivity index (χ3v) is 3.71. The summed E-state index contributed by atoms with van der Waals surface area (Å²) in [6.07, 6.45) is 6.15. The number of fused-ring (bicyclic) bond motifs is 1. The van der Waals surface area contributed by atoms with Crippen molar-refractivity contribution >= 4 is 28.1 Å². The highest BCUT2D eigenvalue weighted by Crippen LogP contribution is 2.37. The van der Waals surface area contributed by atoms with Crippen molar-refractivity contribution in [2.75, 3.05) is 6.79 Å². The first kappa shape index (κ1) is 12.2. The van der Waals surface area contributed by atoms with Crippen LogP contribution in [-0.4, -0.2) is 6.79 Å². The lowest BCUT2D eigenvalue weighted by atomic mass is 10.1. The van der Waals surface area contributed by atoms with Gasteiger partial charge in [-0.05, 0) is 29.8 Å². The van der Waals surface area contributed by atoms with Gasteiger partial charge in [-0.25, -0.2) is 4.57 Å². The van der Waals surface area contributed by atoms with E-state index in [1.807, 2.05) is 37.5 Å². The number of hydrogen-bond donors (Lipinski definition) is 0. The van der Waals surface area contributed by atoms with Gasteiger partial charge in [-0.1, -0.05) is 15.9 Å². The summed E-state index contributed by atoms with van der Waals surface area (Å²) in [6, 6.07) is 10.0. The molecule has 0 saturated carbocycles. The Hall–Kier alpha value is -1.81. The normalized spacial score (nSPS) is 13.2. The molecule has 0 unspecified atom stereocenters. The minimum Gasteiger partial charge on any atom is -0.454 e. The van der Waals surface area contributed by atoms with Crippen molar-refractivity contribution in [3.8, 4) is 11.5 Å². The van der Waals surface area contributed by atoms with Crippen LogP contribution in [-0.2, 0) is 7.05 Å². The number of halogens is 1. The molecule has 4 heteroatoms. The van der Waals surface area contributed by atoms with Crippen molar-refractivity contribution in [2.24, 2.45) is 7.05 Å². The average Bonchev–Trinajstić information content (AvgIpc) is 2.84. The first-order valence-corrected chi connectivity index (χ1v) is 6.75. The Bertz CT molecular complexity index is 653. The predicted octanol–water partition coefficient (Wildman–Crippen LogP) is 3.17. The van der Waals surface area contributed by atoms with E-state index in [0.29, 0.717) is 6.79 Å². The van der Waals surface area contributed by atoms with Crippen molar-refractivity contribution in [2.45, 2.75) is 0 Å². The van der Waals surface area contributed by atoms with E-state index in [9.17, 15) is 0 Å². The first-order chi connectivity index (χ1) is 9.24. The van der Waals surface area contributed by atoms with E-state index in [1.165, 1.54) is 0 Å². The maximum atomic E-state index is 5.39. The summed E-state index contributed by atoms with van der Waals surface area (Å²) >= 11 is 3.55. The van der Waals surface area contributed by atoms with Crippen molar-refractivity contribution < 1.29 is 14.0 Å². The van der Waals surface area contributed by atoms with Crippen LogP contribution in [0.2, 0.25) is 0 Å². The van der Waals surface area contributed by atoms with Crippen LogP contribution in [0.1, 0.15) is 11.3 Å². The molecule has 1 aromatic heterocycles. The summed E-state index contributed by atoms with van der Waals surface area (Å²) in [4.78, 5) is 0. The molecule has 2 aromatic rings. The summed E-state index contributed by atoms with van der Waals surface area (Å²) in [5.74, 6) is 1.58. The van der Waals surface area contributed by atoms with Crippen LogP contribution in [0.4, 0.5) is 0 Å². The Morgan fingerprint density at radius 2 is 1.95 bits per heavy atom. The highest BCUT2D eigenvalue weighted by atomic mass is 79.9. The van der Waals surface area contributed by atoms with Crippen LogP contribution in [0.25, 0.3) is 12.2 Å². The molecule has 0 atom stereocenters. The van der Waals surface area contributed by atoms with Crippen molar-refractivity contribution in [3.63, 3.8) is 0 Å². The quantitative estimate of drug-likeness (QED) is 0.794. The zero-order chi connectivity index (χ0) is 13.2. The van der Waals surface area contributed by atoms with E-state index in [1.54, 1.807) is 0 Å². The lowest BCUT2D eigenvalue weighted by molar-refractivity contribution is -0.673. The molecule has 19 heavy (non-hydrogen) atoms. The highest BCUT2D eigenvalue weighted by molar-refractivity contribution is 9.10. The minimum atomic E-state index is 0.294. The molecular formula is C15H13BrNO2+. The molecule has 1 aliphatic rings. The highest BCUT2D eigenvalue weighted by Gasteiger charge is 2.15. The van der Waals surface area contributed by atoms with E-state index in [-0.39, 0.29) is 0 Å². The van der Waals surface area contributed by atoms with E-state index < -0.39 is 0 Å². The van der Waals surface area contributed by atoms with Crippen LogP contribution < -0.4 is 14.0 Å². The molecule has 96 valence electrons. The summed E-state index contributed by atoms with van der Waals surface area (Å²) in [7, 11) is 2.02. The number of rotatable bonds is 2. The average molecular weight is 319 g/mol. The predicted molar refractivity (Wildman–Crippen MR) is 76.8 cm³/mol. The van der Waals surface area contributed by atoms with Crippen molar-refractivity contribution in [1.29, 1.82) is 0 Å². The molecule has 0 radical (unpaired) electrons. The molecular weight excluding hydrogens is 306 g/mol. The maximum absolute atomic E-state index is 5.39. The van der Waals surface area contributed by atoms with Gasteiger partial charge in [0.25, 0.3) is 0 Å². The summed E-state index contributed by atoms with van der Waals surface area (Å²) in [5, 5.41) is 0. The van der Waals surface area contributed by atoms with Gasteiger partial charge in [-0.15, -0.1) is 0 Å². The summed E-state index contributed by atoms with van der Waals surface area (Å²) < 4.78 is 13.8. The zero-order valence-electron chi connectivity index (χ0n) is 10.5. The van der Waals surface area contributed by atoms with Gasteiger partial charge in [-0.3, -0.25) is 0 Å². The number of benzene rings is 1. The van der Waals surface area contributed by atoms with Gasteiger partial charge >= 0.3 is 0 Å². The first-order valence-electron chi connectivity index (χ1n) is 5.96. The van der Waals surface area contributed by atoms with Gasteiger partial charge < -0.3 is 9.47 Å². The third kappa shape index (κ3) is 2.49. The van der Waals surface area contributed by atoms with E-state index in [0.717, 1.165) is 27.2 Å². The third-order valence-electron chi connectivity index (χ3n) is 3.02. The molecule has 0 aliphatic carbocycles. The van der Waals surface area contributed by atoms with E-state index >= 15 is 0 Å². The molecule has 3 nitrogen and oxygen atoms in total.